The predicted molar refractivity (Wildman–Crippen MR) is 94.8 cm³/mol. The standard InChI is InChI=1S/C11H21ClO3.C6H10O4/c1-9(2)15-11(14)6-4-3-5-10(13)7-8-12;7-5(8)3-1-2-4-6(9)10/h9-10,13H,3-8H2,1-2H3;1-4H2,(H,7,8)(H,9,10). The van der Waals surface area contributed by atoms with Gasteiger partial charge in [0.25, 0.3) is 0 Å². The number of carbonyl (C=O) groups excluding carboxylic acids is 1. The molecule has 7 nitrogen and oxygen atoms in total. The van der Waals surface area contributed by atoms with Crippen molar-refractivity contribution in [2.24, 2.45) is 0 Å². The Kier molecular flexibility index (Phi) is 18.1. The molecular weight excluding hydrogens is 352 g/mol. The van der Waals surface area contributed by atoms with Gasteiger partial charge in [0.2, 0.25) is 0 Å². The van der Waals surface area contributed by atoms with E-state index in [1.165, 1.54) is 0 Å². The Morgan fingerprint density at radius 2 is 1.36 bits per heavy atom. The maximum absolute atomic E-state index is 11.1. The Balaban J connectivity index is 0. The fourth-order valence-corrected chi connectivity index (χ4v) is 2.05. The van der Waals surface area contributed by atoms with Crippen LogP contribution in [-0.4, -0.2) is 51.3 Å². The fraction of sp³-hybridized carbons (Fsp3) is 0.824. The Morgan fingerprint density at radius 3 is 1.76 bits per heavy atom. The lowest BCUT2D eigenvalue weighted by Crippen LogP contribution is -2.11. The molecule has 0 spiro atoms. The average molecular weight is 383 g/mol. The first-order valence-corrected chi connectivity index (χ1v) is 9.09. The van der Waals surface area contributed by atoms with E-state index in [4.69, 9.17) is 26.6 Å². The molecule has 0 rings (SSSR count). The van der Waals surface area contributed by atoms with Gasteiger partial charge in [-0.1, -0.05) is 6.42 Å². The molecule has 0 aliphatic rings. The summed E-state index contributed by atoms with van der Waals surface area (Å²) in [4.78, 5) is 30.9. The number of carboxylic acid groups (broad SMARTS) is 2. The summed E-state index contributed by atoms with van der Waals surface area (Å²) in [5, 5.41) is 25.6. The van der Waals surface area contributed by atoms with E-state index in [9.17, 15) is 19.5 Å². The van der Waals surface area contributed by atoms with Gasteiger partial charge in [-0.2, -0.15) is 0 Å². The summed E-state index contributed by atoms with van der Waals surface area (Å²) in [6, 6.07) is 0. The summed E-state index contributed by atoms with van der Waals surface area (Å²) < 4.78 is 4.98. The van der Waals surface area contributed by atoms with Crippen LogP contribution in [0.5, 0.6) is 0 Å². The molecule has 0 bridgehead atoms. The van der Waals surface area contributed by atoms with Crippen molar-refractivity contribution in [3.63, 3.8) is 0 Å². The number of aliphatic carboxylic acids is 2. The van der Waals surface area contributed by atoms with Gasteiger partial charge in [-0.05, 0) is 46.0 Å². The lowest BCUT2D eigenvalue weighted by molar-refractivity contribution is -0.147. The van der Waals surface area contributed by atoms with Crippen LogP contribution in [0.25, 0.3) is 0 Å². The quantitative estimate of drug-likeness (QED) is 0.254. The molecule has 0 fully saturated rings. The van der Waals surface area contributed by atoms with E-state index in [1.54, 1.807) is 0 Å². The van der Waals surface area contributed by atoms with Gasteiger partial charge in [0.05, 0.1) is 12.2 Å². The normalized spacial score (nSPS) is 11.4. The van der Waals surface area contributed by atoms with E-state index in [0.717, 1.165) is 12.8 Å². The third-order valence-electron chi connectivity index (χ3n) is 3.01. The van der Waals surface area contributed by atoms with Crippen molar-refractivity contribution in [3.05, 3.63) is 0 Å². The van der Waals surface area contributed by atoms with Crippen LogP contribution in [0.1, 0.15) is 71.6 Å². The van der Waals surface area contributed by atoms with E-state index in [2.05, 4.69) is 0 Å². The number of hydrogen-bond acceptors (Lipinski definition) is 5. The summed E-state index contributed by atoms with van der Waals surface area (Å²) in [5.74, 6) is -1.41. The van der Waals surface area contributed by atoms with Crippen molar-refractivity contribution in [2.75, 3.05) is 5.88 Å². The number of halogens is 1. The number of carbonyl (C=O) groups is 3. The third-order valence-corrected chi connectivity index (χ3v) is 3.23. The molecule has 0 aromatic rings. The van der Waals surface area contributed by atoms with Gasteiger partial charge in [-0.25, -0.2) is 0 Å². The van der Waals surface area contributed by atoms with Gasteiger partial charge < -0.3 is 20.1 Å². The predicted octanol–water partition coefficient (Wildman–Crippen LogP) is 3.20. The van der Waals surface area contributed by atoms with Gasteiger partial charge in [-0.15, -0.1) is 11.6 Å². The molecule has 1 unspecified atom stereocenters. The number of carboxylic acids is 2. The number of alkyl halides is 1. The van der Waals surface area contributed by atoms with Crippen molar-refractivity contribution in [2.45, 2.75) is 83.8 Å². The van der Waals surface area contributed by atoms with Crippen molar-refractivity contribution in [1.29, 1.82) is 0 Å². The smallest absolute Gasteiger partial charge is 0.306 e. The summed E-state index contributed by atoms with van der Waals surface area (Å²) >= 11 is 5.48. The highest BCUT2D eigenvalue weighted by Gasteiger charge is 2.07. The molecule has 0 amide bonds. The molecule has 3 N–H and O–H groups in total. The Labute approximate surface area is 154 Å². The molecule has 0 aliphatic heterocycles. The number of unbranched alkanes of at least 4 members (excludes halogenated alkanes) is 2. The largest absolute Gasteiger partial charge is 0.481 e. The van der Waals surface area contributed by atoms with Gasteiger partial charge in [-0.3, -0.25) is 14.4 Å². The van der Waals surface area contributed by atoms with E-state index < -0.39 is 11.9 Å². The minimum Gasteiger partial charge on any atom is -0.481 e. The van der Waals surface area contributed by atoms with Gasteiger partial charge in [0.15, 0.2) is 0 Å². The maximum Gasteiger partial charge on any atom is 0.306 e. The monoisotopic (exact) mass is 382 g/mol. The van der Waals surface area contributed by atoms with Crippen molar-refractivity contribution >= 4 is 29.5 Å². The molecular formula is C17H31ClO7. The second-order valence-electron chi connectivity index (χ2n) is 5.91. The highest BCUT2D eigenvalue weighted by molar-refractivity contribution is 6.17. The zero-order chi connectivity index (χ0) is 19.7. The highest BCUT2D eigenvalue weighted by atomic mass is 35.5. The van der Waals surface area contributed by atoms with E-state index in [1.807, 2.05) is 13.8 Å². The third kappa shape index (κ3) is 25.0. The molecule has 0 aromatic carbocycles. The van der Waals surface area contributed by atoms with Crippen LogP contribution in [0.2, 0.25) is 0 Å². The summed E-state index contributed by atoms with van der Waals surface area (Å²) in [6.07, 6.45) is 4.02. The molecule has 0 saturated carbocycles. The van der Waals surface area contributed by atoms with Crippen LogP contribution in [0, 0.1) is 0 Å². The summed E-state index contributed by atoms with van der Waals surface area (Å²) in [5.41, 5.74) is 0. The minimum absolute atomic E-state index is 0.0423. The van der Waals surface area contributed by atoms with Crippen molar-refractivity contribution < 1.29 is 34.4 Å². The second-order valence-corrected chi connectivity index (χ2v) is 6.29. The van der Waals surface area contributed by atoms with Gasteiger partial charge in [0.1, 0.15) is 0 Å². The van der Waals surface area contributed by atoms with E-state index in [0.29, 0.717) is 38.0 Å². The lowest BCUT2D eigenvalue weighted by atomic mass is 10.1. The van der Waals surface area contributed by atoms with Crippen molar-refractivity contribution in [1.82, 2.24) is 0 Å². The van der Waals surface area contributed by atoms with Crippen LogP contribution in [0.4, 0.5) is 0 Å². The molecule has 0 saturated heterocycles. The Hall–Kier alpha value is -1.34. The van der Waals surface area contributed by atoms with Crippen molar-refractivity contribution in [3.8, 4) is 0 Å². The molecule has 148 valence electrons. The summed E-state index contributed by atoms with van der Waals surface area (Å²) in [6.45, 7) is 3.67. The number of aliphatic hydroxyl groups excluding tert-OH is 1. The Morgan fingerprint density at radius 1 is 0.880 bits per heavy atom. The zero-order valence-electron chi connectivity index (χ0n) is 15.1. The first kappa shape index (κ1) is 25.9. The van der Waals surface area contributed by atoms with Crippen LogP contribution in [0.15, 0.2) is 0 Å². The lowest BCUT2D eigenvalue weighted by Gasteiger charge is -2.09. The second kappa shape index (κ2) is 17.5. The topological polar surface area (TPSA) is 121 Å². The average Bonchev–Trinajstić information content (AvgIpc) is 2.48. The van der Waals surface area contributed by atoms with E-state index in [-0.39, 0.29) is 31.0 Å². The molecule has 0 radical (unpaired) electrons. The highest BCUT2D eigenvalue weighted by Crippen LogP contribution is 2.08. The van der Waals surface area contributed by atoms with Gasteiger partial charge >= 0.3 is 17.9 Å². The molecule has 1 atom stereocenters. The summed E-state index contributed by atoms with van der Waals surface area (Å²) in [7, 11) is 0. The fourth-order valence-electron chi connectivity index (χ4n) is 1.79. The minimum atomic E-state index is -0.870. The first-order chi connectivity index (χ1) is 11.7. The van der Waals surface area contributed by atoms with E-state index >= 15 is 0 Å². The van der Waals surface area contributed by atoms with Crippen LogP contribution < -0.4 is 0 Å². The molecule has 25 heavy (non-hydrogen) atoms. The number of aliphatic hydroxyl groups is 1. The van der Waals surface area contributed by atoms with Crippen LogP contribution in [0.3, 0.4) is 0 Å². The SMILES string of the molecule is CC(C)OC(=O)CCCCC(O)CCCl.O=C(O)CCCCC(=O)O. The molecule has 0 heterocycles. The van der Waals surface area contributed by atoms with Crippen LogP contribution in [-0.2, 0) is 19.1 Å². The maximum atomic E-state index is 11.1. The molecule has 8 heteroatoms. The van der Waals surface area contributed by atoms with Gasteiger partial charge in [0, 0.05) is 25.1 Å². The number of ether oxygens (including phenoxy) is 1. The Bertz CT molecular complexity index is 356. The molecule has 0 aromatic heterocycles. The number of esters is 1. The number of hydrogen-bond donors (Lipinski definition) is 3. The van der Waals surface area contributed by atoms with Crippen LogP contribution >= 0.6 is 11.6 Å². The number of rotatable bonds is 13. The zero-order valence-corrected chi connectivity index (χ0v) is 15.8. The molecule has 0 aliphatic carbocycles. The first-order valence-electron chi connectivity index (χ1n) is 8.56.